The Morgan fingerprint density at radius 3 is 2.09 bits per heavy atom. The number of hydrogen-bond acceptors (Lipinski definition) is 4. The zero-order valence-corrected chi connectivity index (χ0v) is 19.0. The first kappa shape index (κ1) is 22.4. The first-order chi connectivity index (χ1) is 16.5. The van der Waals surface area contributed by atoms with E-state index in [1.54, 1.807) is 0 Å². The van der Waals surface area contributed by atoms with Gasteiger partial charge in [-0.3, -0.25) is 9.59 Å². The molecule has 2 amide bonds. The van der Waals surface area contributed by atoms with Gasteiger partial charge in [-0.15, -0.1) is 0 Å². The van der Waals surface area contributed by atoms with Crippen molar-refractivity contribution in [3.8, 4) is 11.1 Å². The Hall–Kier alpha value is -3.35. The lowest BCUT2D eigenvalue weighted by Gasteiger charge is -2.36. The minimum atomic E-state index is -0.782. The number of benzene rings is 2. The van der Waals surface area contributed by atoms with Crippen molar-refractivity contribution in [3.63, 3.8) is 0 Å². The van der Waals surface area contributed by atoms with Gasteiger partial charge in [-0.1, -0.05) is 55.0 Å². The number of fused-ring (bicyclic) bond motifs is 3. The van der Waals surface area contributed by atoms with Crippen molar-refractivity contribution >= 4 is 18.0 Å². The Morgan fingerprint density at radius 1 is 0.824 bits per heavy atom. The first-order valence-electron chi connectivity index (χ1n) is 12.1. The third-order valence-electron chi connectivity index (χ3n) is 7.54. The maximum atomic E-state index is 12.5. The molecular weight excluding hydrogens is 432 g/mol. The molecule has 0 aromatic heterocycles. The average Bonchev–Trinajstić information content (AvgIpc) is 3.13. The van der Waals surface area contributed by atoms with Crippen LogP contribution in [0.5, 0.6) is 0 Å². The van der Waals surface area contributed by atoms with Gasteiger partial charge in [0.1, 0.15) is 6.61 Å². The van der Waals surface area contributed by atoms with E-state index in [9.17, 15) is 19.5 Å². The second kappa shape index (κ2) is 9.49. The number of carbonyl (C=O) groups excluding carboxylic acids is 2. The van der Waals surface area contributed by atoms with E-state index in [-0.39, 0.29) is 42.4 Å². The monoisotopic (exact) mass is 462 g/mol. The number of carboxylic acids is 1. The molecule has 0 saturated heterocycles. The van der Waals surface area contributed by atoms with Crippen molar-refractivity contribution in [2.75, 3.05) is 6.61 Å². The van der Waals surface area contributed by atoms with Gasteiger partial charge in [-0.25, -0.2) is 4.79 Å². The molecule has 7 heteroatoms. The van der Waals surface area contributed by atoms with E-state index >= 15 is 0 Å². The number of hydrogen-bond donors (Lipinski definition) is 3. The third-order valence-corrected chi connectivity index (χ3v) is 7.54. The van der Waals surface area contributed by atoms with E-state index in [0.29, 0.717) is 25.7 Å². The van der Waals surface area contributed by atoms with Crippen LogP contribution in [-0.4, -0.2) is 41.8 Å². The highest BCUT2D eigenvalue weighted by Gasteiger charge is 2.38. The lowest BCUT2D eigenvalue weighted by molar-refractivity contribution is -0.143. The number of ether oxygens (including phenoxy) is 1. The molecule has 3 aliphatic carbocycles. The largest absolute Gasteiger partial charge is 0.481 e. The number of rotatable bonds is 6. The summed E-state index contributed by atoms with van der Waals surface area (Å²) in [5, 5.41) is 15.1. The number of carbonyl (C=O) groups is 3. The maximum absolute atomic E-state index is 12.5. The Labute approximate surface area is 198 Å². The van der Waals surface area contributed by atoms with Gasteiger partial charge >= 0.3 is 12.1 Å². The van der Waals surface area contributed by atoms with Crippen LogP contribution in [0.4, 0.5) is 4.79 Å². The second-order valence-electron chi connectivity index (χ2n) is 9.74. The second-order valence-corrected chi connectivity index (χ2v) is 9.74. The minimum absolute atomic E-state index is 0.0168. The fraction of sp³-hybridized carbons (Fsp3) is 0.444. The molecule has 0 unspecified atom stereocenters. The number of nitrogens with one attached hydrogen (secondary N) is 2. The Morgan fingerprint density at radius 2 is 1.44 bits per heavy atom. The molecule has 0 spiro atoms. The van der Waals surface area contributed by atoms with E-state index in [1.807, 2.05) is 24.3 Å². The molecule has 178 valence electrons. The zero-order chi connectivity index (χ0) is 23.7. The van der Waals surface area contributed by atoms with Crippen molar-refractivity contribution < 1.29 is 24.2 Å². The van der Waals surface area contributed by atoms with Crippen LogP contribution < -0.4 is 10.6 Å². The standard InChI is InChI=1S/C27H30N2O5/c30-25(28-18-7-5-6-16(12-18)26(31)32)17-13-19(14-17)29-27(33)34-15-24-22-10-3-1-8-20(22)21-9-2-4-11-23(21)24/h1-4,8-11,16-19,24H,5-7,12-15H2,(H,28,30)(H,29,33)(H,31,32)/t16-,17?,18-,19?/m1/s1. The molecule has 2 saturated carbocycles. The van der Waals surface area contributed by atoms with Crippen LogP contribution in [-0.2, 0) is 14.3 Å². The summed E-state index contributed by atoms with van der Waals surface area (Å²) in [4.78, 5) is 36.2. The summed E-state index contributed by atoms with van der Waals surface area (Å²) in [5.41, 5.74) is 4.72. The molecule has 3 N–H and O–H groups in total. The molecule has 2 atom stereocenters. The SMILES string of the molecule is O=C(NC1CC(C(=O)N[C@@H]2CCC[C@@H](C(=O)O)C2)C1)OCC1c2ccccc2-c2ccccc21. The lowest BCUT2D eigenvalue weighted by atomic mass is 9.79. The van der Waals surface area contributed by atoms with E-state index < -0.39 is 12.1 Å². The smallest absolute Gasteiger partial charge is 0.407 e. The van der Waals surface area contributed by atoms with Crippen LogP contribution >= 0.6 is 0 Å². The number of alkyl carbamates (subject to hydrolysis) is 1. The van der Waals surface area contributed by atoms with Gasteiger partial charge in [0, 0.05) is 23.9 Å². The molecule has 34 heavy (non-hydrogen) atoms. The number of amides is 2. The average molecular weight is 463 g/mol. The van der Waals surface area contributed by atoms with E-state index in [2.05, 4.69) is 34.9 Å². The van der Waals surface area contributed by atoms with Gasteiger partial charge in [0.2, 0.25) is 5.91 Å². The molecule has 0 aliphatic heterocycles. The first-order valence-corrected chi connectivity index (χ1v) is 12.1. The summed E-state index contributed by atoms with van der Waals surface area (Å²) in [7, 11) is 0. The predicted octanol–water partition coefficient (Wildman–Crippen LogP) is 4.06. The van der Waals surface area contributed by atoms with Gasteiger partial charge in [0.05, 0.1) is 5.92 Å². The number of carboxylic acid groups (broad SMARTS) is 1. The molecule has 2 fully saturated rings. The molecule has 0 radical (unpaired) electrons. The van der Waals surface area contributed by atoms with Gasteiger partial charge < -0.3 is 20.5 Å². The summed E-state index contributed by atoms with van der Waals surface area (Å²) in [6, 6.07) is 16.3. The quantitative estimate of drug-likeness (QED) is 0.600. The molecule has 2 aromatic carbocycles. The maximum Gasteiger partial charge on any atom is 0.407 e. The van der Waals surface area contributed by atoms with Crippen molar-refractivity contribution in [1.29, 1.82) is 0 Å². The Bertz CT molecular complexity index is 1050. The van der Waals surface area contributed by atoms with Crippen molar-refractivity contribution in [2.45, 2.75) is 56.5 Å². The molecular formula is C27H30N2O5. The molecule has 7 nitrogen and oxygen atoms in total. The van der Waals surface area contributed by atoms with Crippen molar-refractivity contribution in [3.05, 3.63) is 59.7 Å². The highest BCUT2D eigenvalue weighted by molar-refractivity contribution is 5.81. The molecule has 0 bridgehead atoms. The van der Waals surface area contributed by atoms with Crippen LogP contribution in [0.15, 0.2) is 48.5 Å². The molecule has 0 heterocycles. The molecule has 5 rings (SSSR count). The van der Waals surface area contributed by atoms with Crippen LogP contribution in [0.25, 0.3) is 11.1 Å². The van der Waals surface area contributed by atoms with Crippen LogP contribution in [0.2, 0.25) is 0 Å². The fourth-order valence-corrected chi connectivity index (χ4v) is 5.62. The van der Waals surface area contributed by atoms with Crippen LogP contribution in [0.1, 0.15) is 55.6 Å². The van der Waals surface area contributed by atoms with Crippen LogP contribution in [0, 0.1) is 11.8 Å². The molecule has 3 aliphatic rings. The van der Waals surface area contributed by atoms with Crippen molar-refractivity contribution in [2.24, 2.45) is 11.8 Å². The van der Waals surface area contributed by atoms with Gasteiger partial charge in [-0.2, -0.15) is 0 Å². The van der Waals surface area contributed by atoms with Gasteiger partial charge in [0.25, 0.3) is 0 Å². The summed E-state index contributed by atoms with van der Waals surface area (Å²) < 4.78 is 5.59. The van der Waals surface area contributed by atoms with E-state index in [0.717, 1.165) is 12.8 Å². The van der Waals surface area contributed by atoms with Gasteiger partial charge in [0.15, 0.2) is 0 Å². The van der Waals surface area contributed by atoms with Crippen molar-refractivity contribution in [1.82, 2.24) is 10.6 Å². The normalized spacial score (nSPS) is 25.4. The topological polar surface area (TPSA) is 105 Å². The highest BCUT2D eigenvalue weighted by atomic mass is 16.5. The number of aliphatic carboxylic acids is 1. The Kier molecular flexibility index (Phi) is 6.26. The molecule has 2 aromatic rings. The fourth-order valence-electron chi connectivity index (χ4n) is 5.62. The zero-order valence-electron chi connectivity index (χ0n) is 19.0. The van der Waals surface area contributed by atoms with Gasteiger partial charge in [-0.05, 0) is 54.4 Å². The summed E-state index contributed by atoms with van der Waals surface area (Å²) in [6.07, 6.45) is 3.51. The van der Waals surface area contributed by atoms with E-state index in [1.165, 1.54) is 22.3 Å². The predicted molar refractivity (Wildman–Crippen MR) is 126 cm³/mol. The minimum Gasteiger partial charge on any atom is -0.481 e. The summed E-state index contributed by atoms with van der Waals surface area (Å²) in [5.74, 6) is -1.33. The van der Waals surface area contributed by atoms with Crippen LogP contribution in [0.3, 0.4) is 0 Å². The lowest BCUT2D eigenvalue weighted by Crippen LogP contribution is -2.51. The van der Waals surface area contributed by atoms with E-state index in [4.69, 9.17) is 4.74 Å². The Balaban J connectivity index is 1.08. The highest BCUT2D eigenvalue weighted by Crippen LogP contribution is 2.44. The third kappa shape index (κ3) is 4.52. The summed E-state index contributed by atoms with van der Waals surface area (Å²) >= 11 is 0. The summed E-state index contributed by atoms with van der Waals surface area (Å²) in [6.45, 7) is 0.267.